The number of ether oxygens (including phenoxy) is 6. The van der Waals surface area contributed by atoms with Gasteiger partial charge in [-0.05, 0) is 38.0 Å². The zero-order valence-electron chi connectivity index (χ0n) is 27.5. The minimum atomic E-state index is -0.999. The number of pyridine rings is 1. The smallest absolute Gasteiger partial charge is 0.329 e. The SMILES string of the molecule is C[C@@H](Oc1cc(-c2cnn(C3CCN(CCOCCOCCOCCOCCOCC(=O)O)CC3)c2)cnc1N)c1c(Cl)ccc(F)c1Cl. The highest BCUT2D eigenvalue weighted by Crippen LogP contribution is 2.37. The highest BCUT2D eigenvalue weighted by atomic mass is 35.5. The number of hydrogen-bond donors (Lipinski definition) is 2. The Balaban J connectivity index is 1.08. The molecule has 1 fully saturated rings. The van der Waals surface area contributed by atoms with Crippen LogP contribution in [0.15, 0.2) is 36.8 Å². The predicted molar refractivity (Wildman–Crippen MR) is 182 cm³/mol. The number of carboxylic acids is 1. The van der Waals surface area contributed by atoms with E-state index in [2.05, 4.69) is 15.0 Å². The fourth-order valence-corrected chi connectivity index (χ4v) is 5.88. The van der Waals surface area contributed by atoms with Crippen molar-refractivity contribution in [1.82, 2.24) is 19.7 Å². The van der Waals surface area contributed by atoms with Crippen molar-refractivity contribution < 1.29 is 42.7 Å². The molecule has 4 rings (SSSR count). The monoisotopic (exact) mass is 727 g/mol. The van der Waals surface area contributed by atoms with E-state index in [1.54, 1.807) is 25.4 Å². The van der Waals surface area contributed by atoms with Crippen LogP contribution in [0.5, 0.6) is 5.75 Å². The molecule has 3 aromatic rings. The molecule has 16 heteroatoms. The molecule has 0 spiro atoms. The van der Waals surface area contributed by atoms with Crippen molar-refractivity contribution in [3.8, 4) is 16.9 Å². The van der Waals surface area contributed by atoms with Crippen molar-refractivity contribution in [1.29, 1.82) is 0 Å². The summed E-state index contributed by atoms with van der Waals surface area (Å²) in [5.74, 6) is -1.05. The van der Waals surface area contributed by atoms with Crippen molar-refractivity contribution in [3.05, 3.63) is 58.2 Å². The van der Waals surface area contributed by atoms with Crippen LogP contribution in [0, 0.1) is 5.82 Å². The molecule has 1 atom stereocenters. The summed E-state index contributed by atoms with van der Waals surface area (Å²) in [5, 5.41) is 13.3. The topological polar surface area (TPSA) is 153 Å². The summed E-state index contributed by atoms with van der Waals surface area (Å²) in [6.07, 6.45) is 6.74. The summed E-state index contributed by atoms with van der Waals surface area (Å²) in [7, 11) is 0. The number of nitrogens with zero attached hydrogens (tertiary/aromatic N) is 4. The van der Waals surface area contributed by atoms with Crippen LogP contribution in [0.2, 0.25) is 10.0 Å². The predicted octanol–water partition coefficient (Wildman–Crippen LogP) is 4.92. The molecule has 0 radical (unpaired) electrons. The van der Waals surface area contributed by atoms with E-state index in [1.807, 2.05) is 10.9 Å². The Bertz CT molecular complexity index is 1460. The van der Waals surface area contributed by atoms with E-state index in [9.17, 15) is 9.18 Å². The highest BCUT2D eigenvalue weighted by Gasteiger charge is 2.23. The number of aliphatic carboxylic acids is 1. The van der Waals surface area contributed by atoms with Crippen LogP contribution in [-0.4, -0.2) is 116 Å². The van der Waals surface area contributed by atoms with Crippen LogP contribution in [0.4, 0.5) is 10.2 Å². The van der Waals surface area contributed by atoms with Crippen LogP contribution in [0.3, 0.4) is 0 Å². The van der Waals surface area contributed by atoms with Crippen LogP contribution in [0.25, 0.3) is 11.1 Å². The highest BCUT2D eigenvalue weighted by molar-refractivity contribution is 6.36. The first-order chi connectivity index (χ1) is 23.7. The maximum atomic E-state index is 14.1. The quantitative estimate of drug-likeness (QED) is 0.107. The van der Waals surface area contributed by atoms with Gasteiger partial charge in [-0.15, -0.1) is 0 Å². The molecule has 3 heterocycles. The summed E-state index contributed by atoms with van der Waals surface area (Å²) < 4.78 is 49.0. The number of hydrogen-bond acceptors (Lipinski definition) is 11. The van der Waals surface area contributed by atoms with E-state index in [0.717, 1.165) is 43.6 Å². The van der Waals surface area contributed by atoms with Gasteiger partial charge in [0.1, 0.15) is 18.5 Å². The second-order valence-electron chi connectivity index (χ2n) is 11.3. The first-order valence-corrected chi connectivity index (χ1v) is 16.9. The number of halogens is 3. The molecular weight excluding hydrogens is 684 g/mol. The molecule has 0 amide bonds. The Morgan fingerprint density at radius 3 is 2.20 bits per heavy atom. The summed E-state index contributed by atoms with van der Waals surface area (Å²) in [6, 6.07) is 4.72. The van der Waals surface area contributed by atoms with Gasteiger partial charge in [0.15, 0.2) is 11.6 Å². The van der Waals surface area contributed by atoms with Crippen molar-refractivity contribution in [2.75, 3.05) is 91.4 Å². The summed E-state index contributed by atoms with van der Waals surface area (Å²) >= 11 is 12.4. The molecule has 1 aromatic carbocycles. The maximum absolute atomic E-state index is 14.1. The second-order valence-corrected chi connectivity index (χ2v) is 12.1. The lowest BCUT2D eigenvalue weighted by Gasteiger charge is -2.31. The maximum Gasteiger partial charge on any atom is 0.329 e. The average Bonchev–Trinajstić information content (AvgIpc) is 3.58. The van der Waals surface area contributed by atoms with E-state index in [-0.39, 0.29) is 30.1 Å². The molecule has 0 aliphatic carbocycles. The summed E-state index contributed by atoms with van der Waals surface area (Å²) in [5.41, 5.74) is 8.11. The van der Waals surface area contributed by atoms with E-state index in [1.165, 1.54) is 12.1 Å². The van der Waals surface area contributed by atoms with Gasteiger partial charge < -0.3 is 44.2 Å². The minimum Gasteiger partial charge on any atom is -0.482 e. The molecular formula is C33H44Cl2FN5O8. The lowest BCUT2D eigenvalue weighted by Crippen LogP contribution is -2.37. The molecule has 1 saturated heterocycles. The van der Waals surface area contributed by atoms with E-state index >= 15 is 0 Å². The number of carboxylic acid groups (broad SMARTS) is 1. The number of rotatable bonds is 22. The van der Waals surface area contributed by atoms with E-state index < -0.39 is 17.9 Å². The Morgan fingerprint density at radius 2 is 1.57 bits per heavy atom. The Kier molecular flexibility index (Phi) is 16.2. The van der Waals surface area contributed by atoms with Crippen molar-refractivity contribution in [2.24, 2.45) is 0 Å². The molecule has 3 N–H and O–H groups in total. The molecule has 49 heavy (non-hydrogen) atoms. The third-order valence-electron chi connectivity index (χ3n) is 7.80. The van der Waals surface area contributed by atoms with Gasteiger partial charge in [-0.2, -0.15) is 5.10 Å². The fourth-order valence-electron chi connectivity index (χ4n) is 5.20. The third-order valence-corrected chi connectivity index (χ3v) is 8.52. The van der Waals surface area contributed by atoms with Gasteiger partial charge in [0.25, 0.3) is 0 Å². The van der Waals surface area contributed by atoms with Gasteiger partial charge >= 0.3 is 5.97 Å². The number of carbonyl (C=O) groups is 1. The average molecular weight is 729 g/mol. The van der Waals surface area contributed by atoms with Gasteiger partial charge in [0.05, 0.1) is 76.7 Å². The fraction of sp³-hybridized carbons (Fsp3) is 0.545. The van der Waals surface area contributed by atoms with Crippen LogP contribution in [-0.2, 0) is 28.5 Å². The summed E-state index contributed by atoms with van der Waals surface area (Å²) in [4.78, 5) is 17.0. The van der Waals surface area contributed by atoms with Crippen molar-refractivity contribution in [3.63, 3.8) is 0 Å². The zero-order chi connectivity index (χ0) is 35.0. The number of likely N-dealkylation sites (tertiary alicyclic amines) is 1. The number of aromatic nitrogens is 3. The Morgan fingerprint density at radius 1 is 0.959 bits per heavy atom. The van der Waals surface area contributed by atoms with Crippen molar-refractivity contribution >= 4 is 35.0 Å². The second kappa shape index (κ2) is 20.6. The molecule has 0 saturated carbocycles. The zero-order valence-corrected chi connectivity index (χ0v) is 29.0. The van der Waals surface area contributed by atoms with E-state index in [0.29, 0.717) is 69.2 Å². The Hall–Kier alpha value is -3.08. The number of benzene rings is 1. The molecule has 270 valence electrons. The third kappa shape index (κ3) is 12.6. The van der Waals surface area contributed by atoms with Gasteiger partial charge in [0.2, 0.25) is 0 Å². The van der Waals surface area contributed by atoms with Crippen molar-refractivity contribution in [2.45, 2.75) is 31.9 Å². The molecule has 1 aliphatic heterocycles. The molecule has 0 unspecified atom stereocenters. The minimum absolute atomic E-state index is 0.0905. The lowest BCUT2D eigenvalue weighted by molar-refractivity contribution is -0.142. The van der Waals surface area contributed by atoms with Crippen LogP contribution in [0.1, 0.15) is 37.5 Å². The lowest BCUT2D eigenvalue weighted by atomic mass is 10.1. The normalized spacial score (nSPS) is 14.7. The number of piperidine rings is 1. The van der Waals surface area contributed by atoms with Gasteiger partial charge in [-0.1, -0.05) is 23.2 Å². The molecule has 1 aliphatic rings. The number of anilines is 1. The van der Waals surface area contributed by atoms with Gasteiger partial charge in [-0.25, -0.2) is 14.2 Å². The number of nitrogen functional groups attached to an aromatic ring is 1. The first-order valence-electron chi connectivity index (χ1n) is 16.2. The van der Waals surface area contributed by atoms with Crippen LogP contribution < -0.4 is 10.5 Å². The molecule has 13 nitrogen and oxygen atoms in total. The first kappa shape index (κ1) is 38.7. The van der Waals surface area contributed by atoms with Gasteiger partial charge in [-0.3, -0.25) is 4.68 Å². The molecule has 2 aromatic heterocycles. The largest absolute Gasteiger partial charge is 0.482 e. The van der Waals surface area contributed by atoms with Gasteiger partial charge in [0, 0.05) is 53.7 Å². The standard InChI is InChI=1S/C33H44Cl2FN5O8/c1-23(31-27(34)2-3-28(36)32(31)35)49-29-18-24(19-38-33(29)37)25-20-39-41(21-25)26-4-6-40(7-5-26)8-9-44-10-11-45-12-13-46-14-15-47-16-17-48-22-30(42)43/h2-3,18-21,23,26H,4-17,22H2,1H3,(H2,37,38)(H,42,43)/t23-/m1/s1. The van der Waals surface area contributed by atoms with E-state index in [4.69, 9.17) is 62.5 Å². The number of nitrogens with two attached hydrogens (primary N) is 1. The molecule has 0 bridgehead atoms. The summed E-state index contributed by atoms with van der Waals surface area (Å²) in [6.45, 7) is 8.12. The van der Waals surface area contributed by atoms with Crippen LogP contribution >= 0.6 is 23.2 Å². The Labute approximate surface area is 295 Å².